The molecule has 6 nitrogen and oxygen atoms in total. The summed E-state index contributed by atoms with van der Waals surface area (Å²) in [5.41, 5.74) is 1.22. The molecule has 1 fully saturated rings. The quantitative estimate of drug-likeness (QED) is 0.204. The summed E-state index contributed by atoms with van der Waals surface area (Å²) < 4.78 is 11.6. The maximum absolute atomic E-state index is 5.89. The van der Waals surface area contributed by atoms with Crippen molar-refractivity contribution in [2.24, 2.45) is 10.9 Å². The highest BCUT2D eigenvalue weighted by Crippen LogP contribution is 2.07. The van der Waals surface area contributed by atoms with Crippen LogP contribution < -0.4 is 10.6 Å². The minimum Gasteiger partial charge on any atom is -0.377 e. The van der Waals surface area contributed by atoms with E-state index < -0.39 is 0 Å². The molecule has 1 aliphatic heterocycles. The number of guanidine groups is 1. The van der Waals surface area contributed by atoms with Gasteiger partial charge in [-0.1, -0.05) is 44.2 Å². The van der Waals surface area contributed by atoms with E-state index in [0.717, 1.165) is 64.7 Å². The fraction of sp³-hybridized carbons (Fsp3) is 0.682. The lowest BCUT2D eigenvalue weighted by Gasteiger charge is -2.34. The summed E-state index contributed by atoms with van der Waals surface area (Å²) >= 11 is 0. The Morgan fingerprint density at radius 1 is 1.24 bits per heavy atom. The van der Waals surface area contributed by atoms with E-state index in [4.69, 9.17) is 9.47 Å². The van der Waals surface area contributed by atoms with Gasteiger partial charge in [0.2, 0.25) is 0 Å². The molecule has 0 aliphatic carbocycles. The average molecular weight is 518 g/mol. The second kappa shape index (κ2) is 15.9. The van der Waals surface area contributed by atoms with Gasteiger partial charge in [0, 0.05) is 46.4 Å². The molecule has 0 saturated carbocycles. The maximum Gasteiger partial charge on any atom is 0.191 e. The monoisotopic (exact) mass is 518 g/mol. The van der Waals surface area contributed by atoms with Crippen LogP contribution in [0.2, 0.25) is 0 Å². The molecule has 1 saturated heterocycles. The number of nitrogens with zero attached hydrogens (tertiary/aromatic N) is 2. The standard InChI is InChI=1S/C22H38N4O2.HI/c1-19(2)16-26-12-14-28-21(17-26)15-25-22(23-3)24-11-7-8-13-27-18-20-9-5-4-6-10-20;/h4-6,9-10,19,21H,7-8,11-18H2,1-3H3,(H2,23,24,25);1H. The van der Waals surface area contributed by atoms with E-state index in [9.17, 15) is 0 Å². The molecule has 0 spiro atoms. The molecule has 29 heavy (non-hydrogen) atoms. The normalized spacial score (nSPS) is 17.8. The van der Waals surface area contributed by atoms with Crippen molar-refractivity contribution in [2.45, 2.75) is 39.4 Å². The van der Waals surface area contributed by atoms with E-state index in [2.05, 4.69) is 46.5 Å². The second-order valence-electron chi connectivity index (χ2n) is 7.77. The van der Waals surface area contributed by atoms with Gasteiger partial charge in [0.15, 0.2) is 5.96 Å². The topological polar surface area (TPSA) is 58.1 Å². The SMILES string of the molecule is CN=C(NCCCCOCc1ccccc1)NCC1CN(CC(C)C)CCO1.I. The van der Waals surface area contributed by atoms with E-state index >= 15 is 0 Å². The van der Waals surface area contributed by atoms with Gasteiger partial charge in [-0.2, -0.15) is 0 Å². The minimum atomic E-state index is 0. The lowest BCUT2D eigenvalue weighted by Crippen LogP contribution is -2.50. The Morgan fingerprint density at radius 2 is 2.03 bits per heavy atom. The first-order valence-corrected chi connectivity index (χ1v) is 10.6. The number of nitrogens with one attached hydrogen (secondary N) is 2. The Hall–Kier alpha value is -0.900. The van der Waals surface area contributed by atoms with Crippen molar-refractivity contribution >= 4 is 29.9 Å². The van der Waals surface area contributed by atoms with Gasteiger partial charge in [0.05, 0.1) is 19.3 Å². The molecule has 0 amide bonds. The fourth-order valence-corrected chi connectivity index (χ4v) is 3.32. The van der Waals surface area contributed by atoms with Gasteiger partial charge in [-0.25, -0.2) is 0 Å². The molecule has 166 valence electrons. The molecule has 0 radical (unpaired) electrons. The Morgan fingerprint density at radius 3 is 2.76 bits per heavy atom. The fourth-order valence-electron chi connectivity index (χ4n) is 3.32. The van der Waals surface area contributed by atoms with Gasteiger partial charge < -0.3 is 20.1 Å². The summed E-state index contributed by atoms with van der Waals surface area (Å²) in [6.45, 7) is 11.6. The molecule has 1 unspecified atom stereocenters. The number of rotatable bonds is 11. The molecule has 1 atom stereocenters. The van der Waals surface area contributed by atoms with Crippen molar-refractivity contribution in [3.8, 4) is 0 Å². The largest absolute Gasteiger partial charge is 0.377 e. The van der Waals surface area contributed by atoms with E-state index in [1.54, 1.807) is 0 Å². The zero-order valence-electron chi connectivity index (χ0n) is 18.2. The van der Waals surface area contributed by atoms with E-state index in [-0.39, 0.29) is 30.1 Å². The van der Waals surface area contributed by atoms with Crippen LogP contribution >= 0.6 is 24.0 Å². The van der Waals surface area contributed by atoms with Crippen molar-refractivity contribution in [2.75, 3.05) is 53.0 Å². The Balaban J connectivity index is 0.00000420. The summed E-state index contributed by atoms with van der Waals surface area (Å²) in [6, 6.07) is 10.3. The Labute approximate surface area is 193 Å². The van der Waals surface area contributed by atoms with E-state index in [0.29, 0.717) is 12.5 Å². The molecule has 7 heteroatoms. The number of aliphatic imine (C=N–C) groups is 1. The van der Waals surface area contributed by atoms with Crippen LogP contribution in [0.5, 0.6) is 0 Å². The maximum atomic E-state index is 5.89. The molecule has 0 bridgehead atoms. The molecule has 1 heterocycles. The van der Waals surface area contributed by atoms with Crippen LogP contribution in [0.3, 0.4) is 0 Å². The number of hydrogen-bond donors (Lipinski definition) is 2. The zero-order valence-corrected chi connectivity index (χ0v) is 20.6. The van der Waals surface area contributed by atoms with Crippen molar-refractivity contribution in [1.29, 1.82) is 0 Å². The highest BCUT2D eigenvalue weighted by Gasteiger charge is 2.20. The van der Waals surface area contributed by atoms with Crippen LogP contribution in [0.4, 0.5) is 0 Å². The third-order valence-corrected chi connectivity index (χ3v) is 4.69. The van der Waals surface area contributed by atoms with E-state index in [1.165, 1.54) is 5.56 Å². The molecule has 2 N–H and O–H groups in total. The van der Waals surface area contributed by atoms with Gasteiger partial charge >= 0.3 is 0 Å². The van der Waals surface area contributed by atoms with Gasteiger partial charge in [-0.15, -0.1) is 24.0 Å². The number of halogens is 1. The number of ether oxygens (including phenoxy) is 2. The summed E-state index contributed by atoms with van der Waals surface area (Å²) in [5, 5.41) is 6.77. The van der Waals surface area contributed by atoms with Crippen molar-refractivity contribution in [3.05, 3.63) is 35.9 Å². The molecule has 0 aromatic heterocycles. The van der Waals surface area contributed by atoms with E-state index in [1.807, 2.05) is 25.2 Å². The summed E-state index contributed by atoms with van der Waals surface area (Å²) in [5.74, 6) is 1.53. The predicted octanol–water partition coefficient (Wildman–Crippen LogP) is 3.12. The van der Waals surface area contributed by atoms with Crippen molar-refractivity contribution in [3.63, 3.8) is 0 Å². The first kappa shape index (κ1) is 26.1. The van der Waals surface area contributed by atoms with Gasteiger partial charge in [0.1, 0.15) is 0 Å². The third kappa shape index (κ3) is 11.8. The van der Waals surface area contributed by atoms with Crippen LogP contribution in [0.1, 0.15) is 32.3 Å². The molecule has 2 rings (SSSR count). The highest BCUT2D eigenvalue weighted by atomic mass is 127. The molecule has 1 aromatic carbocycles. The van der Waals surface area contributed by atoms with Crippen molar-refractivity contribution in [1.82, 2.24) is 15.5 Å². The van der Waals surface area contributed by atoms with Gasteiger partial charge in [0.25, 0.3) is 0 Å². The summed E-state index contributed by atoms with van der Waals surface area (Å²) in [4.78, 5) is 6.80. The smallest absolute Gasteiger partial charge is 0.191 e. The van der Waals surface area contributed by atoms with Crippen LogP contribution in [-0.2, 0) is 16.1 Å². The van der Waals surface area contributed by atoms with Crippen LogP contribution in [-0.4, -0.2) is 69.9 Å². The molecule has 1 aromatic rings. The van der Waals surface area contributed by atoms with Crippen molar-refractivity contribution < 1.29 is 9.47 Å². The lowest BCUT2D eigenvalue weighted by atomic mass is 10.2. The minimum absolute atomic E-state index is 0. The summed E-state index contributed by atoms with van der Waals surface area (Å²) in [6.07, 6.45) is 2.31. The number of unbranched alkanes of at least 4 members (excludes halogenated alkanes) is 1. The first-order valence-electron chi connectivity index (χ1n) is 10.6. The third-order valence-electron chi connectivity index (χ3n) is 4.69. The zero-order chi connectivity index (χ0) is 20.0. The predicted molar refractivity (Wildman–Crippen MR) is 131 cm³/mol. The Bertz CT molecular complexity index is 557. The van der Waals surface area contributed by atoms with Crippen LogP contribution in [0, 0.1) is 5.92 Å². The Kier molecular flexibility index (Phi) is 14.3. The highest BCUT2D eigenvalue weighted by molar-refractivity contribution is 14.0. The number of benzene rings is 1. The van der Waals surface area contributed by atoms with Gasteiger partial charge in [-0.3, -0.25) is 9.89 Å². The second-order valence-corrected chi connectivity index (χ2v) is 7.77. The van der Waals surface area contributed by atoms with Crippen LogP contribution in [0.25, 0.3) is 0 Å². The molecule has 1 aliphatic rings. The number of morpholine rings is 1. The first-order chi connectivity index (χ1) is 13.7. The molecular formula is C22H39IN4O2. The molecular weight excluding hydrogens is 479 g/mol. The van der Waals surface area contributed by atoms with Crippen LogP contribution in [0.15, 0.2) is 35.3 Å². The number of hydrogen-bond acceptors (Lipinski definition) is 4. The summed E-state index contributed by atoms with van der Waals surface area (Å²) in [7, 11) is 1.81. The lowest BCUT2D eigenvalue weighted by molar-refractivity contribution is -0.0284. The average Bonchev–Trinajstić information content (AvgIpc) is 2.70. The van der Waals surface area contributed by atoms with Gasteiger partial charge in [-0.05, 0) is 24.3 Å².